The minimum atomic E-state index is -0.505. The number of ether oxygens (including phenoxy) is 1. The highest BCUT2D eigenvalue weighted by Crippen LogP contribution is 2.13. The monoisotopic (exact) mass is 473 g/mol. The Labute approximate surface area is 169 Å². The van der Waals surface area contributed by atoms with Crippen LogP contribution < -0.4 is 15.8 Å². The van der Waals surface area contributed by atoms with Gasteiger partial charge in [0.15, 0.2) is 12.6 Å². The summed E-state index contributed by atoms with van der Waals surface area (Å²) in [4.78, 5) is 21.2. The molecule has 2 rings (SSSR count). The molecule has 0 spiro atoms. The second-order valence-corrected chi connectivity index (χ2v) is 5.46. The molecule has 0 aliphatic rings. The maximum atomic E-state index is 10.8. The third-order valence-corrected chi connectivity index (χ3v) is 3.49. The van der Waals surface area contributed by atoms with E-state index in [2.05, 4.69) is 20.4 Å². The first kappa shape index (κ1) is 21.7. The van der Waals surface area contributed by atoms with Gasteiger partial charge < -0.3 is 20.7 Å². The number of hydrogen-bond acceptors (Lipinski definition) is 5. The first-order chi connectivity index (χ1) is 12.0. The average Bonchev–Trinajstić information content (AvgIpc) is 2.99. The van der Waals surface area contributed by atoms with Crippen molar-refractivity contribution in [3.63, 3.8) is 0 Å². The first-order valence-electron chi connectivity index (χ1n) is 7.74. The topological polar surface area (TPSA) is 111 Å². The fraction of sp³-hybridized carbons (Fsp3) is 0.375. The molecule has 1 amide bonds. The SMILES string of the molecule is CN=C(NCc1cccc(OCC(N)=O)c1)N(C)Cc1ncnn1C.I. The molecule has 0 atom stereocenters. The highest BCUT2D eigenvalue weighted by molar-refractivity contribution is 14.0. The third kappa shape index (κ3) is 6.50. The zero-order valence-corrected chi connectivity index (χ0v) is 17.4. The van der Waals surface area contributed by atoms with Gasteiger partial charge in [-0.3, -0.25) is 14.5 Å². The van der Waals surface area contributed by atoms with Gasteiger partial charge in [0.2, 0.25) is 0 Å². The van der Waals surface area contributed by atoms with E-state index < -0.39 is 5.91 Å². The molecule has 10 heteroatoms. The van der Waals surface area contributed by atoms with Crippen molar-refractivity contribution in [1.82, 2.24) is 25.0 Å². The number of nitrogens with one attached hydrogen (secondary N) is 1. The quantitative estimate of drug-likeness (QED) is 0.345. The van der Waals surface area contributed by atoms with Gasteiger partial charge in [-0.25, -0.2) is 4.98 Å². The Balaban J connectivity index is 0.00000338. The summed E-state index contributed by atoms with van der Waals surface area (Å²) >= 11 is 0. The standard InChI is InChI=1S/C16H23N7O2.HI/c1-18-16(22(2)9-15-20-11-21-23(15)3)19-8-12-5-4-6-13(7-12)25-10-14(17)24;/h4-7,11H,8-10H2,1-3H3,(H2,17,24)(H,18,19);1H. The number of nitrogens with zero attached hydrogens (tertiary/aromatic N) is 5. The number of primary amides is 1. The van der Waals surface area contributed by atoms with E-state index in [1.54, 1.807) is 17.8 Å². The summed E-state index contributed by atoms with van der Waals surface area (Å²) in [5.41, 5.74) is 6.08. The summed E-state index contributed by atoms with van der Waals surface area (Å²) in [6, 6.07) is 7.45. The molecular weight excluding hydrogens is 449 g/mol. The number of hydrogen-bond donors (Lipinski definition) is 2. The van der Waals surface area contributed by atoms with Crippen LogP contribution in [0.3, 0.4) is 0 Å². The lowest BCUT2D eigenvalue weighted by Crippen LogP contribution is -2.38. The molecule has 0 unspecified atom stereocenters. The van der Waals surface area contributed by atoms with Gasteiger partial charge in [0.25, 0.3) is 5.91 Å². The number of guanidine groups is 1. The largest absolute Gasteiger partial charge is 0.484 e. The van der Waals surface area contributed by atoms with Gasteiger partial charge in [0.05, 0.1) is 6.54 Å². The molecular formula is C16H24IN7O2. The van der Waals surface area contributed by atoms with Crippen molar-refractivity contribution in [1.29, 1.82) is 0 Å². The number of carbonyl (C=O) groups is 1. The maximum absolute atomic E-state index is 10.8. The van der Waals surface area contributed by atoms with E-state index in [0.29, 0.717) is 18.8 Å². The van der Waals surface area contributed by atoms with Crippen LogP contribution in [0.5, 0.6) is 5.75 Å². The number of aromatic nitrogens is 3. The van der Waals surface area contributed by atoms with Gasteiger partial charge in [0.1, 0.15) is 17.9 Å². The van der Waals surface area contributed by atoms with Crippen LogP contribution in [0.1, 0.15) is 11.4 Å². The molecule has 0 radical (unpaired) electrons. The molecule has 1 aromatic heterocycles. The lowest BCUT2D eigenvalue weighted by molar-refractivity contribution is -0.119. The van der Waals surface area contributed by atoms with Gasteiger partial charge in [-0.15, -0.1) is 24.0 Å². The van der Waals surface area contributed by atoms with Crippen molar-refractivity contribution in [3.8, 4) is 5.75 Å². The van der Waals surface area contributed by atoms with Crippen molar-refractivity contribution in [2.24, 2.45) is 17.8 Å². The smallest absolute Gasteiger partial charge is 0.255 e. The number of carbonyl (C=O) groups excluding carboxylic acids is 1. The molecule has 0 saturated heterocycles. The minimum absolute atomic E-state index is 0. The Morgan fingerprint density at radius 2 is 2.23 bits per heavy atom. The Morgan fingerprint density at radius 3 is 2.85 bits per heavy atom. The summed E-state index contributed by atoms with van der Waals surface area (Å²) in [6.07, 6.45) is 1.52. The Hall–Kier alpha value is -2.37. The van der Waals surface area contributed by atoms with Gasteiger partial charge in [-0.2, -0.15) is 5.10 Å². The van der Waals surface area contributed by atoms with E-state index in [-0.39, 0.29) is 30.6 Å². The van der Waals surface area contributed by atoms with Crippen LogP contribution in [0, 0.1) is 0 Å². The van der Waals surface area contributed by atoms with E-state index in [4.69, 9.17) is 10.5 Å². The summed E-state index contributed by atoms with van der Waals surface area (Å²) in [7, 11) is 5.50. The molecule has 9 nitrogen and oxygen atoms in total. The summed E-state index contributed by atoms with van der Waals surface area (Å²) in [5, 5.41) is 7.34. The highest BCUT2D eigenvalue weighted by atomic mass is 127. The minimum Gasteiger partial charge on any atom is -0.484 e. The molecule has 0 saturated carbocycles. The van der Waals surface area contributed by atoms with Gasteiger partial charge >= 0.3 is 0 Å². The second kappa shape index (κ2) is 10.6. The molecule has 26 heavy (non-hydrogen) atoms. The molecule has 142 valence electrons. The van der Waals surface area contributed by atoms with Crippen molar-refractivity contribution in [2.45, 2.75) is 13.1 Å². The fourth-order valence-corrected chi connectivity index (χ4v) is 2.22. The lowest BCUT2D eigenvalue weighted by atomic mass is 10.2. The Morgan fingerprint density at radius 1 is 1.46 bits per heavy atom. The van der Waals surface area contributed by atoms with E-state index in [1.807, 2.05) is 37.2 Å². The summed E-state index contributed by atoms with van der Waals surface area (Å²) in [5.74, 6) is 1.66. The number of aliphatic imine (C=N–C) groups is 1. The zero-order chi connectivity index (χ0) is 18.2. The van der Waals surface area contributed by atoms with Crippen LogP contribution in [0.25, 0.3) is 0 Å². The zero-order valence-electron chi connectivity index (χ0n) is 15.0. The fourth-order valence-electron chi connectivity index (χ4n) is 2.22. The molecule has 0 fully saturated rings. The molecule has 0 aliphatic heterocycles. The predicted molar refractivity (Wildman–Crippen MR) is 109 cm³/mol. The number of aryl methyl sites for hydroxylation is 1. The number of amides is 1. The van der Waals surface area contributed by atoms with E-state index in [1.165, 1.54) is 6.33 Å². The summed E-state index contributed by atoms with van der Waals surface area (Å²) < 4.78 is 7.04. The van der Waals surface area contributed by atoms with E-state index in [9.17, 15) is 4.79 Å². The van der Waals surface area contributed by atoms with E-state index in [0.717, 1.165) is 17.3 Å². The normalized spacial score (nSPS) is 10.8. The van der Waals surface area contributed by atoms with Gasteiger partial charge in [-0.1, -0.05) is 12.1 Å². The average molecular weight is 473 g/mol. The van der Waals surface area contributed by atoms with Crippen LogP contribution >= 0.6 is 24.0 Å². The number of benzene rings is 1. The molecule has 1 heterocycles. The molecule has 2 aromatic rings. The maximum Gasteiger partial charge on any atom is 0.255 e. The molecule has 0 bridgehead atoms. The molecule has 3 N–H and O–H groups in total. The lowest BCUT2D eigenvalue weighted by Gasteiger charge is -2.21. The van der Waals surface area contributed by atoms with Crippen LogP contribution in [0.15, 0.2) is 35.6 Å². The van der Waals surface area contributed by atoms with Gasteiger partial charge in [0, 0.05) is 27.7 Å². The van der Waals surface area contributed by atoms with Crippen LogP contribution in [0.4, 0.5) is 0 Å². The van der Waals surface area contributed by atoms with Gasteiger partial charge in [-0.05, 0) is 17.7 Å². The third-order valence-electron chi connectivity index (χ3n) is 3.49. The van der Waals surface area contributed by atoms with Crippen molar-refractivity contribution in [3.05, 3.63) is 42.0 Å². The predicted octanol–water partition coefficient (Wildman–Crippen LogP) is 0.505. The van der Waals surface area contributed by atoms with Crippen molar-refractivity contribution >= 4 is 35.8 Å². The Bertz CT molecular complexity index is 748. The number of rotatable bonds is 7. The first-order valence-corrected chi connectivity index (χ1v) is 7.74. The van der Waals surface area contributed by atoms with Crippen LogP contribution in [-0.2, 0) is 24.9 Å². The number of nitrogens with two attached hydrogens (primary N) is 1. The van der Waals surface area contributed by atoms with Crippen molar-refractivity contribution in [2.75, 3.05) is 20.7 Å². The summed E-state index contributed by atoms with van der Waals surface area (Å²) in [6.45, 7) is 1.00. The number of halogens is 1. The van der Waals surface area contributed by atoms with E-state index >= 15 is 0 Å². The Kier molecular flexibility index (Phi) is 8.82. The second-order valence-electron chi connectivity index (χ2n) is 5.46. The highest BCUT2D eigenvalue weighted by Gasteiger charge is 2.10. The molecule has 1 aromatic carbocycles. The van der Waals surface area contributed by atoms with Crippen molar-refractivity contribution < 1.29 is 9.53 Å². The van der Waals surface area contributed by atoms with Crippen LogP contribution in [0.2, 0.25) is 0 Å². The molecule has 0 aliphatic carbocycles. The van der Waals surface area contributed by atoms with Crippen LogP contribution in [-0.4, -0.2) is 52.2 Å².